The molecule has 4 heterocycles. The van der Waals surface area contributed by atoms with Gasteiger partial charge in [-0.2, -0.15) is 0 Å². The standard InChI is InChI=1S/C13H14O4.C13H18O4.C13H16O3.C12H12O4.C11H12O2.5CH4/c1-13-6-8(13)11-9(16-7-15-2)4-3-5-10(11)17-12(13)14;1-13(7-14)6-9(13)12-10(15)4-3-5-11(12)17-8-16-2;1-13-6-9(13)12-10(15-7-13)4-3-5-11(12)16-8-14-2;1-8-6-9-10(15-7-14-2)4-3-5-11(9)16-12(8)13;1-11-5-7(11)10-8(12)3-2-4-9(10)13-6-11;;;;;/h3-5,8H,6-7H2,1-2H3;3-5,9,14-15H,6-8H2,1-2H3;3-5,9H,6-8H2,1-2H3;3-6H,7H2,1-2H3;2-4,7,12H,5-6H2,1H3;5*1H4. The fourth-order valence-corrected chi connectivity index (χ4v) is 10.8. The number of phenols is 2. The zero-order chi connectivity index (χ0) is 56.3. The number of aliphatic hydroxyl groups excluding tert-OH is 1. The molecule has 17 heteroatoms. The first-order valence-corrected chi connectivity index (χ1v) is 26.4. The lowest BCUT2D eigenvalue weighted by Gasteiger charge is -2.23. The molecule has 4 aliphatic carbocycles. The van der Waals surface area contributed by atoms with Crippen molar-refractivity contribution in [3.8, 4) is 51.7 Å². The second kappa shape index (κ2) is 28.7. The number of phenolic OH excluding ortho intramolecular Hbond substituents is 2. The number of carbonyl (C=O) groups is 1. The van der Waals surface area contributed by atoms with Gasteiger partial charge in [0.1, 0.15) is 57.3 Å². The maximum Gasteiger partial charge on any atom is 0.339 e. The third-order valence-electron chi connectivity index (χ3n) is 16.2. The van der Waals surface area contributed by atoms with E-state index in [2.05, 4.69) is 13.8 Å². The predicted octanol–water partition coefficient (Wildman–Crippen LogP) is 14.0. The molecule has 3 N–H and O–H groups in total. The van der Waals surface area contributed by atoms with Gasteiger partial charge >= 0.3 is 11.6 Å². The number of benzene rings is 5. The van der Waals surface area contributed by atoms with Crippen molar-refractivity contribution in [2.45, 2.75) is 121 Å². The Morgan fingerprint density at radius 2 is 0.940 bits per heavy atom. The first-order chi connectivity index (χ1) is 38.0. The topological polar surface area (TPSA) is 209 Å². The first kappa shape index (κ1) is 69.5. The smallest absolute Gasteiger partial charge is 0.339 e. The molecule has 7 aliphatic rings. The van der Waals surface area contributed by atoms with Gasteiger partial charge < -0.3 is 71.8 Å². The fourth-order valence-electron chi connectivity index (χ4n) is 10.8. The molecule has 6 aromatic rings. The number of rotatable bonds is 14. The van der Waals surface area contributed by atoms with Crippen molar-refractivity contribution < 1.29 is 76.6 Å². The maximum absolute atomic E-state index is 11.8. The van der Waals surface area contributed by atoms with Crippen LogP contribution in [0.15, 0.2) is 106 Å². The zero-order valence-corrected chi connectivity index (χ0v) is 46.4. The Morgan fingerprint density at radius 3 is 1.46 bits per heavy atom. The van der Waals surface area contributed by atoms with Gasteiger partial charge in [-0.25, -0.2) is 4.79 Å². The highest BCUT2D eigenvalue weighted by Gasteiger charge is 2.63. The number of aromatic hydroxyl groups is 2. The van der Waals surface area contributed by atoms with Crippen LogP contribution in [0.25, 0.3) is 11.0 Å². The quantitative estimate of drug-likeness (QED) is 0.0401. The predicted molar refractivity (Wildman–Crippen MR) is 326 cm³/mol. The van der Waals surface area contributed by atoms with E-state index < -0.39 is 0 Å². The molecule has 17 nitrogen and oxygen atoms in total. The molecule has 4 saturated carbocycles. The van der Waals surface area contributed by atoms with Gasteiger partial charge in [-0.3, -0.25) is 4.79 Å². The van der Waals surface area contributed by atoms with Crippen molar-refractivity contribution in [3.05, 3.63) is 135 Å². The number of ether oxygens (including phenoxy) is 11. The Hall–Kier alpha value is -7.02. The van der Waals surface area contributed by atoms with E-state index in [4.69, 9.17) is 56.5 Å². The number of methoxy groups -OCH3 is 4. The minimum Gasteiger partial charge on any atom is -0.508 e. The van der Waals surface area contributed by atoms with Gasteiger partial charge in [0.2, 0.25) is 0 Å². The Kier molecular flexibility index (Phi) is 23.7. The monoisotopic (exact) mass is 1170 g/mol. The lowest BCUT2D eigenvalue weighted by atomic mass is 9.97. The van der Waals surface area contributed by atoms with Crippen molar-refractivity contribution >= 4 is 16.9 Å². The van der Waals surface area contributed by atoms with Crippen molar-refractivity contribution in [1.29, 1.82) is 0 Å². The SMILES string of the molecule is C.C.C.C.C.CC12COc3cccc(O)c3C1C2.COCOc1cccc(O)c1C1CC1(C)CO.COCOc1cccc2c1C1CC1(C)C(=O)O2.COCOc1cccc2c1C1CC1(C)CO2.COCOc1cccc2oc(=O)c(C)cc12. The highest BCUT2D eigenvalue weighted by atomic mass is 16.7. The third kappa shape index (κ3) is 14.5. The lowest BCUT2D eigenvalue weighted by molar-refractivity contribution is -0.141. The summed E-state index contributed by atoms with van der Waals surface area (Å²) in [7, 11) is 6.32. The van der Waals surface area contributed by atoms with Crippen molar-refractivity contribution in [3.63, 3.8) is 0 Å². The van der Waals surface area contributed by atoms with Crippen LogP contribution in [0.1, 0.15) is 142 Å². The van der Waals surface area contributed by atoms with E-state index in [0.29, 0.717) is 63.6 Å². The maximum atomic E-state index is 11.8. The van der Waals surface area contributed by atoms with Crippen LogP contribution in [0.5, 0.6) is 51.7 Å². The third-order valence-corrected chi connectivity index (χ3v) is 16.2. The number of aliphatic hydroxyl groups is 1. The molecule has 0 saturated heterocycles. The Balaban J connectivity index is 0.000000222. The van der Waals surface area contributed by atoms with Crippen LogP contribution < -0.4 is 38.8 Å². The molecule has 8 atom stereocenters. The number of hydrogen-bond donors (Lipinski definition) is 3. The highest BCUT2D eigenvalue weighted by molar-refractivity contribution is 5.88. The molecule has 84 heavy (non-hydrogen) atoms. The number of esters is 1. The molecule has 0 radical (unpaired) electrons. The molecule has 0 bridgehead atoms. The summed E-state index contributed by atoms with van der Waals surface area (Å²) < 4.78 is 63.3. The fraction of sp³-hybridized carbons (Fsp3) is 0.493. The number of carbonyl (C=O) groups excluding carboxylic acids is 1. The van der Waals surface area contributed by atoms with E-state index in [0.717, 1.165) is 77.6 Å². The second-order valence-corrected chi connectivity index (χ2v) is 22.3. The summed E-state index contributed by atoms with van der Waals surface area (Å²) in [6.07, 6.45) is 4.06. The molecule has 13 rings (SSSR count). The van der Waals surface area contributed by atoms with Crippen molar-refractivity contribution in [1.82, 2.24) is 0 Å². The highest BCUT2D eigenvalue weighted by Crippen LogP contribution is 2.68. The first-order valence-electron chi connectivity index (χ1n) is 26.4. The van der Waals surface area contributed by atoms with Crippen LogP contribution in [-0.2, 0) is 23.7 Å². The van der Waals surface area contributed by atoms with Gasteiger partial charge in [-0.15, -0.1) is 0 Å². The van der Waals surface area contributed by atoms with E-state index in [1.165, 1.54) is 12.0 Å². The lowest BCUT2D eigenvalue weighted by Crippen LogP contribution is -2.25. The zero-order valence-electron chi connectivity index (χ0n) is 46.4. The van der Waals surface area contributed by atoms with E-state index in [1.54, 1.807) is 77.8 Å². The molecular weight excluding hydrogens is 1080 g/mol. The molecule has 5 aromatic carbocycles. The molecule has 4 fully saturated rings. The summed E-state index contributed by atoms with van der Waals surface area (Å²) in [6, 6.07) is 29.3. The molecule has 0 spiro atoms. The van der Waals surface area contributed by atoms with Crippen LogP contribution in [0.2, 0.25) is 0 Å². The largest absolute Gasteiger partial charge is 0.508 e. The van der Waals surface area contributed by atoms with E-state index in [-0.39, 0.29) is 104 Å². The summed E-state index contributed by atoms with van der Waals surface area (Å²) in [5.41, 5.74) is 4.94. The molecule has 0 amide bonds. The van der Waals surface area contributed by atoms with Gasteiger partial charge in [0.15, 0.2) is 27.2 Å². The Bertz CT molecular complexity index is 3210. The van der Waals surface area contributed by atoms with Gasteiger partial charge in [-0.05, 0) is 118 Å². The minimum atomic E-state index is -0.348. The van der Waals surface area contributed by atoms with Gasteiger partial charge in [0.25, 0.3) is 0 Å². The summed E-state index contributed by atoms with van der Waals surface area (Å²) in [5, 5.41) is 29.7. The van der Waals surface area contributed by atoms with Crippen molar-refractivity contribution in [2.75, 3.05) is 75.4 Å². The van der Waals surface area contributed by atoms with Crippen molar-refractivity contribution in [2.24, 2.45) is 21.7 Å². The normalized spacial score (nSPS) is 24.4. The summed E-state index contributed by atoms with van der Waals surface area (Å²) in [5.74, 6) is 7.43. The molecular formula is C67H92O17. The van der Waals surface area contributed by atoms with Gasteiger partial charge in [0, 0.05) is 91.4 Å². The van der Waals surface area contributed by atoms with E-state index >= 15 is 0 Å². The van der Waals surface area contributed by atoms with Gasteiger partial charge in [-0.1, -0.05) is 88.2 Å². The number of hydrogen-bond acceptors (Lipinski definition) is 17. The van der Waals surface area contributed by atoms with Crippen LogP contribution in [0.4, 0.5) is 0 Å². The number of aryl methyl sites for hydroxylation is 1. The molecule has 3 aliphatic heterocycles. The average molecular weight is 1170 g/mol. The van der Waals surface area contributed by atoms with E-state index in [9.17, 15) is 24.9 Å². The number of fused-ring (bicyclic) bond motifs is 10. The summed E-state index contributed by atoms with van der Waals surface area (Å²) in [4.78, 5) is 23.1. The summed E-state index contributed by atoms with van der Waals surface area (Å²) >= 11 is 0. The van der Waals surface area contributed by atoms with Gasteiger partial charge in [0.05, 0.1) is 24.0 Å². The average Bonchev–Trinajstić information content (AvgIpc) is 3.78. The second-order valence-electron chi connectivity index (χ2n) is 22.3. The minimum absolute atomic E-state index is 0. The molecule has 462 valence electrons. The molecule has 1 aromatic heterocycles. The van der Waals surface area contributed by atoms with Crippen LogP contribution >= 0.6 is 0 Å². The Morgan fingerprint density at radius 1 is 0.512 bits per heavy atom. The van der Waals surface area contributed by atoms with Crippen LogP contribution in [0, 0.1) is 28.6 Å². The van der Waals surface area contributed by atoms with E-state index in [1.807, 2.05) is 68.4 Å². The van der Waals surface area contributed by atoms with Crippen LogP contribution in [-0.4, -0.2) is 96.7 Å². The summed E-state index contributed by atoms with van der Waals surface area (Å²) in [6.45, 7) is 12.7. The van der Waals surface area contributed by atoms with Crippen LogP contribution in [0.3, 0.4) is 0 Å². The molecule has 8 unspecified atom stereocenters. The Labute approximate surface area is 497 Å².